The molecule has 0 aromatic heterocycles. The molecule has 0 heterocycles. The summed E-state index contributed by atoms with van der Waals surface area (Å²) in [5.74, 6) is -0.0498. The monoisotopic (exact) mass is 198 g/mol. The average molecular weight is 199 g/mol. The molecule has 13 heavy (non-hydrogen) atoms. The van der Waals surface area contributed by atoms with E-state index >= 15 is 0 Å². The van der Waals surface area contributed by atoms with Crippen molar-refractivity contribution in [1.82, 2.24) is 0 Å². The highest BCUT2D eigenvalue weighted by Crippen LogP contribution is 2.09. The Labute approximate surface area is 80.8 Å². The van der Waals surface area contributed by atoms with Crippen molar-refractivity contribution in [2.75, 3.05) is 5.88 Å². The summed E-state index contributed by atoms with van der Waals surface area (Å²) in [6.07, 6.45) is 3.97. The van der Waals surface area contributed by atoms with E-state index in [2.05, 4.69) is 0 Å². The summed E-state index contributed by atoms with van der Waals surface area (Å²) in [6, 6.07) is 4.13. The number of allylic oxidation sites excluding steroid dienone is 1. The number of rotatable bonds is 3. The molecule has 0 N–H and O–H groups in total. The highest BCUT2D eigenvalue weighted by atomic mass is 35.5. The van der Waals surface area contributed by atoms with Gasteiger partial charge in [-0.1, -0.05) is 12.2 Å². The fourth-order valence-corrected chi connectivity index (χ4v) is 1.07. The summed E-state index contributed by atoms with van der Waals surface area (Å²) in [7, 11) is 0. The van der Waals surface area contributed by atoms with Crippen molar-refractivity contribution in [3.8, 4) is 0 Å². The Kier molecular flexibility index (Phi) is 3.65. The van der Waals surface area contributed by atoms with Gasteiger partial charge in [0.25, 0.3) is 0 Å². The van der Waals surface area contributed by atoms with E-state index in [-0.39, 0.29) is 0 Å². The Bertz CT molecular complexity index is 334. The van der Waals surface area contributed by atoms with Crippen LogP contribution in [-0.4, -0.2) is 12.2 Å². The lowest BCUT2D eigenvalue weighted by atomic mass is 10.1. The summed E-state index contributed by atoms with van der Waals surface area (Å²) < 4.78 is 12.8. The van der Waals surface area contributed by atoms with Crippen molar-refractivity contribution in [1.29, 1.82) is 0 Å². The molecule has 0 saturated carbocycles. The zero-order valence-corrected chi connectivity index (χ0v) is 7.59. The van der Waals surface area contributed by atoms with E-state index in [1.165, 1.54) is 12.1 Å². The Morgan fingerprint density at radius 3 is 2.62 bits per heavy atom. The van der Waals surface area contributed by atoms with Gasteiger partial charge in [0, 0.05) is 11.4 Å². The summed E-state index contributed by atoms with van der Waals surface area (Å²) in [6.45, 7) is 0. The number of carbonyl (C=O) groups is 1. The Morgan fingerprint density at radius 2 is 2.00 bits per heavy atom. The van der Waals surface area contributed by atoms with Crippen LogP contribution in [0, 0.1) is 5.82 Å². The zero-order valence-electron chi connectivity index (χ0n) is 6.84. The van der Waals surface area contributed by atoms with Crippen LogP contribution in [0.15, 0.2) is 24.3 Å². The first-order chi connectivity index (χ1) is 6.26. The third-order valence-electron chi connectivity index (χ3n) is 1.48. The molecule has 0 bridgehead atoms. The van der Waals surface area contributed by atoms with Crippen LogP contribution in [0.25, 0.3) is 6.08 Å². The summed E-state index contributed by atoms with van der Waals surface area (Å²) in [5.41, 5.74) is 0.969. The van der Waals surface area contributed by atoms with Gasteiger partial charge in [-0.05, 0) is 23.8 Å². The second-order valence-corrected chi connectivity index (χ2v) is 2.80. The smallest absolute Gasteiger partial charge is 0.150 e. The van der Waals surface area contributed by atoms with Crippen molar-refractivity contribution in [3.05, 3.63) is 41.2 Å². The molecule has 0 spiro atoms. The number of benzene rings is 1. The van der Waals surface area contributed by atoms with Gasteiger partial charge in [0.2, 0.25) is 0 Å². The number of alkyl halides is 1. The van der Waals surface area contributed by atoms with E-state index in [9.17, 15) is 9.18 Å². The van der Waals surface area contributed by atoms with Crippen molar-refractivity contribution >= 4 is 24.0 Å². The molecule has 1 nitrogen and oxygen atoms in total. The van der Waals surface area contributed by atoms with E-state index in [4.69, 9.17) is 11.6 Å². The molecule has 0 aliphatic rings. The maximum atomic E-state index is 12.8. The fraction of sp³-hybridized carbons (Fsp3) is 0.100. The van der Waals surface area contributed by atoms with Gasteiger partial charge >= 0.3 is 0 Å². The zero-order chi connectivity index (χ0) is 9.68. The molecule has 1 aromatic rings. The van der Waals surface area contributed by atoms with E-state index in [1.807, 2.05) is 0 Å². The van der Waals surface area contributed by atoms with Crippen LogP contribution in [0.5, 0.6) is 0 Å². The SMILES string of the molecule is O=Cc1cc(F)cc(C=CCCl)c1. The fourth-order valence-electron chi connectivity index (χ4n) is 0.981. The lowest BCUT2D eigenvalue weighted by Gasteiger charge is -1.95. The molecule has 0 atom stereocenters. The maximum Gasteiger partial charge on any atom is 0.150 e. The van der Waals surface area contributed by atoms with Gasteiger partial charge in [0.05, 0.1) is 0 Å². The van der Waals surface area contributed by atoms with Crippen LogP contribution in [0.2, 0.25) is 0 Å². The molecule has 0 aliphatic carbocycles. The quantitative estimate of drug-likeness (QED) is 0.539. The minimum absolute atomic E-state index is 0.328. The molecule has 68 valence electrons. The summed E-state index contributed by atoms with van der Waals surface area (Å²) in [4.78, 5) is 10.4. The number of hydrogen-bond donors (Lipinski definition) is 0. The second kappa shape index (κ2) is 4.77. The molecule has 0 amide bonds. The van der Waals surface area contributed by atoms with Crippen LogP contribution >= 0.6 is 11.6 Å². The van der Waals surface area contributed by atoms with Gasteiger partial charge in [0.1, 0.15) is 12.1 Å². The largest absolute Gasteiger partial charge is 0.298 e. The van der Waals surface area contributed by atoms with Crippen molar-refractivity contribution in [2.45, 2.75) is 0 Å². The van der Waals surface area contributed by atoms with Crippen LogP contribution < -0.4 is 0 Å². The van der Waals surface area contributed by atoms with Gasteiger partial charge in [0.15, 0.2) is 0 Å². The molecular weight excluding hydrogens is 191 g/mol. The normalized spacial score (nSPS) is 10.6. The Morgan fingerprint density at radius 1 is 1.31 bits per heavy atom. The maximum absolute atomic E-state index is 12.8. The third-order valence-corrected chi connectivity index (χ3v) is 1.66. The molecule has 1 rings (SSSR count). The van der Waals surface area contributed by atoms with Crippen LogP contribution in [0.3, 0.4) is 0 Å². The molecular formula is C10H8ClFO. The number of aldehydes is 1. The minimum atomic E-state index is -0.418. The molecule has 0 saturated heterocycles. The predicted molar refractivity (Wildman–Crippen MR) is 51.5 cm³/mol. The lowest BCUT2D eigenvalue weighted by molar-refractivity contribution is 0.112. The molecule has 0 aliphatic heterocycles. The van der Waals surface area contributed by atoms with Crippen molar-refractivity contribution < 1.29 is 9.18 Å². The molecule has 0 fully saturated rings. The van der Waals surface area contributed by atoms with Crippen LogP contribution in [0.1, 0.15) is 15.9 Å². The van der Waals surface area contributed by atoms with Gasteiger partial charge in [-0.15, -0.1) is 11.6 Å². The van der Waals surface area contributed by atoms with Gasteiger partial charge in [-0.25, -0.2) is 4.39 Å². The first-order valence-electron chi connectivity index (χ1n) is 3.74. The van der Waals surface area contributed by atoms with E-state index in [0.717, 1.165) is 0 Å². The van der Waals surface area contributed by atoms with Crippen molar-refractivity contribution in [2.24, 2.45) is 0 Å². The Hall–Kier alpha value is -1.15. The van der Waals surface area contributed by atoms with Crippen LogP contribution in [0.4, 0.5) is 4.39 Å². The molecule has 0 unspecified atom stereocenters. The van der Waals surface area contributed by atoms with Gasteiger partial charge in [-0.3, -0.25) is 4.79 Å². The van der Waals surface area contributed by atoms with Crippen LogP contribution in [-0.2, 0) is 0 Å². The molecule has 0 radical (unpaired) electrons. The number of hydrogen-bond acceptors (Lipinski definition) is 1. The standard InChI is InChI=1S/C10H8ClFO/c11-3-1-2-8-4-9(7-13)6-10(12)5-8/h1-2,4-7H,3H2. The van der Waals surface area contributed by atoms with Crippen molar-refractivity contribution in [3.63, 3.8) is 0 Å². The summed E-state index contributed by atoms with van der Waals surface area (Å²) in [5, 5.41) is 0. The second-order valence-electron chi connectivity index (χ2n) is 2.49. The predicted octanol–water partition coefficient (Wildman–Crippen LogP) is 2.89. The summed E-state index contributed by atoms with van der Waals surface area (Å²) >= 11 is 5.41. The lowest BCUT2D eigenvalue weighted by Crippen LogP contribution is -1.84. The van der Waals surface area contributed by atoms with Gasteiger partial charge < -0.3 is 0 Å². The minimum Gasteiger partial charge on any atom is -0.298 e. The topological polar surface area (TPSA) is 17.1 Å². The average Bonchev–Trinajstić information content (AvgIpc) is 2.14. The molecule has 3 heteroatoms. The van der Waals surface area contributed by atoms with E-state index in [0.29, 0.717) is 23.3 Å². The first-order valence-corrected chi connectivity index (χ1v) is 4.28. The highest BCUT2D eigenvalue weighted by molar-refractivity contribution is 6.19. The number of carbonyl (C=O) groups excluding carboxylic acids is 1. The van der Waals surface area contributed by atoms with E-state index < -0.39 is 5.82 Å². The molecule has 1 aromatic carbocycles. The Balaban J connectivity index is 3.01. The highest BCUT2D eigenvalue weighted by Gasteiger charge is 1.96. The number of halogens is 2. The van der Waals surface area contributed by atoms with E-state index in [1.54, 1.807) is 18.2 Å². The van der Waals surface area contributed by atoms with Gasteiger partial charge in [-0.2, -0.15) is 0 Å². The first kappa shape index (κ1) is 9.93. The third kappa shape index (κ3) is 2.99.